The molecule has 0 aliphatic carbocycles. The second-order valence-electron chi connectivity index (χ2n) is 5.62. The molecule has 1 aliphatic heterocycles. The standard InChI is InChI=1S/C15H17N5O4S/c16-25(23,24)12-5-6-15(17-11-12)19-9-7-18(8-10-19)13-3-1-2-4-14(13)20(21)22/h1-6,11H,7-10H2,(H2,16,23,24). The van der Waals surface area contributed by atoms with E-state index in [0.717, 1.165) is 0 Å². The number of primary sulfonamides is 1. The molecule has 0 atom stereocenters. The van der Waals surface area contributed by atoms with Crippen LogP contribution < -0.4 is 14.9 Å². The van der Waals surface area contributed by atoms with Crippen molar-refractivity contribution in [2.24, 2.45) is 5.14 Å². The molecule has 1 saturated heterocycles. The highest BCUT2D eigenvalue weighted by atomic mass is 32.2. The number of rotatable bonds is 4. The van der Waals surface area contributed by atoms with Crippen LogP contribution in [0.4, 0.5) is 17.2 Å². The molecule has 3 rings (SSSR count). The Kier molecular flexibility index (Phi) is 4.55. The normalized spacial score (nSPS) is 15.2. The summed E-state index contributed by atoms with van der Waals surface area (Å²) in [6.07, 6.45) is 1.24. The van der Waals surface area contributed by atoms with Crippen LogP contribution in [0, 0.1) is 10.1 Å². The lowest BCUT2D eigenvalue weighted by Crippen LogP contribution is -2.47. The van der Waals surface area contributed by atoms with E-state index in [1.54, 1.807) is 24.3 Å². The summed E-state index contributed by atoms with van der Waals surface area (Å²) in [5, 5.41) is 16.2. The topological polar surface area (TPSA) is 123 Å². The first kappa shape index (κ1) is 17.1. The number of nitrogens with zero attached hydrogens (tertiary/aromatic N) is 4. The van der Waals surface area contributed by atoms with Crippen molar-refractivity contribution in [2.45, 2.75) is 4.90 Å². The molecular weight excluding hydrogens is 346 g/mol. The first-order valence-corrected chi connectivity index (χ1v) is 9.13. The highest BCUT2D eigenvalue weighted by molar-refractivity contribution is 7.89. The van der Waals surface area contributed by atoms with Crippen molar-refractivity contribution in [3.05, 3.63) is 52.7 Å². The molecule has 0 radical (unpaired) electrons. The maximum atomic E-state index is 11.3. The van der Waals surface area contributed by atoms with Gasteiger partial charge < -0.3 is 9.80 Å². The molecule has 2 N–H and O–H groups in total. The van der Waals surface area contributed by atoms with Gasteiger partial charge in [0, 0.05) is 38.4 Å². The quantitative estimate of drug-likeness (QED) is 0.634. The maximum absolute atomic E-state index is 11.3. The molecule has 1 aromatic heterocycles. The molecule has 1 aromatic carbocycles. The van der Waals surface area contributed by atoms with Crippen LogP contribution in [-0.4, -0.2) is 44.5 Å². The Morgan fingerprint density at radius 1 is 1.04 bits per heavy atom. The first-order chi connectivity index (χ1) is 11.9. The van der Waals surface area contributed by atoms with Crippen molar-refractivity contribution >= 4 is 27.2 Å². The Morgan fingerprint density at radius 2 is 1.68 bits per heavy atom. The average Bonchev–Trinajstić information content (AvgIpc) is 2.61. The first-order valence-electron chi connectivity index (χ1n) is 7.58. The van der Waals surface area contributed by atoms with E-state index in [1.165, 1.54) is 18.3 Å². The maximum Gasteiger partial charge on any atom is 0.292 e. The van der Waals surface area contributed by atoms with Gasteiger partial charge in [-0.25, -0.2) is 18.5 Å². The minimum Gasteiger partial charge on any atom is -0.362 e. The lowest BCUT2D eigenvalue weighted by atomic mass is 10.2. The lowest BCUT2D eigenvalue weighted by Gasteiger charge is -2.36. The van der Waals surface area contributed by atoms with Gasteiger partial charge in [0.2, 0.25) is 10.0 Å². The van der Waals surface area contributed by atoms with Gasteiger partial charge in [-0.05, 0) is 18.2 Å². The fraction of sp³-hybridized carbons (Fsp3) is 0.267. The summed E-state index contributed by atoms with van der Waals surface area (Å²) in [6, 6.07) is 9.70. The molecule has 9 nitrogen and oxygen atoms in total. The van der Waals surface area contributed by atoms with Crippen molar-refractivity contribution in [2.75, 3.05) is 36.0 Å². The van der Waals surface area contributed by atoms with E-state index in [-0.39, 0.29) is 15.5 Å². The number of pyridine rings is 1. The predicted molar refractivity (Wildman–Crippen MR) is 93.1 cm³/mol. The van der Waals surface area contributed by atoms with Gasteiger partial charge in [-0.2, -0.15) is 0 Å². The number of nitrogens with two attached hydrogens (primary N) is 1. The summed E-state index contributed by atoms with van der Waals surface area (Å²) in [5.74, 6) is 0.648. The van der Waals surface area contributed by atoms with Crippen LogP contribution in [0.3, 0.4) is 0 Å². The van der Waals surface area contributed by atoms with E-state index in [9.17, 15) is 18.5 Å². The van der Waals surface area contributed by atoms with E-state index in [1.807, 2.05) is 9.80 Å². The smallest absolute Gasteiger partial charge is 0.292 e. The Bertz CT molecular complexity index is 877. The van der Waals surface area contributed by atoms with Gasteiger partial charge in [-0.3, -0.25) is 10.1 Å². The average molecular weight is 363 g/mol. The van der Waals surface area contributed by atoms with Gasteiger partial charge in [0.25, 0.3) is 5.69 Å². The number of para-hydroxylation sites is 2. The number of aromatic nitrogens is 1. The summed E-state index contributed by atoms with van der Waals surface area (Å²) < 4.78 is 22.5. The summed E-state index contributed by atoms with van der Waals surface area (Å²) in [7, 11) is -3.76. The summed E-state index contributed by atoms with van der Waals surface area (Å²) in [6.45, 7) is 2.44. The number of hydrogen-bond donors (Lipinski definition) is 1. The second kappa shape index (κ2) is 6.65. The Hall–Kier alpha value is -2.72. The summed E-state index contributed by atoms with van der Waals surface area (Å²) >= 11 is 0. The molecule has 0 spiro atoms. The second-order valence-corrected chi connectivity index (χ2v) is 7.18. The fourth-order valence-electron chi connectivity index (χ4n) is 2.79. The molecule has 0 bridgehead atoms. The highest BCUT2D eigenvalue weighted by Crippen LogP contribution is 2.29. The highest BCUT2D eigenvalue weighted by Gasteiger charge is 2.24. The summed E-state index contributed by atoms with van der Waals surface area (Å²) in [4.78, 5) is 18.9. The number of anilines is 2. The third-order valence-corrected chi connectivity index (χ3v) is 4.97. The van der Waals surface area contributed by atoms with Crippen molar-refractivity contribution in [3.63, 3.8) is 0 Å². The molecule has 2 aromatic rings. The van der Waals surface area contributed by atoms with Gasteiger partial charge >= 0.3 is 0 Å². The monoisotopic (exact) mass is 363 g/mol. The zero-order valence-electron chi connectivity index (χ0n) is 13.3. The van der Waals surface area contributed by atoms with Crippen LogP contribution in [-0.2, 0) is 10.0 Å². The molecule has 2 heterocycles. The number of nitro benzene ring substituents is 1. The molecular formula is C15H17N5O4S. The molecule has 132 valence electrons. The van der Waals surface area contributed by atoms with Crippen LogP contribution in [0.2, 0.25) is 0 Å². The molecule has 25 heavy (non-hydrogen) atoms. The van der Waals surface area contributed by atoms with E-state index >= 15 is 0 Å². The van der Waals surface area contributed by atoms with Crippen LogP contribution >= 0.6 is 0 Å². The van der Waals surface area contributed by atoms with Gasteiger partial charge in [-0.15, -0.1) is 0 Å². The molecule has 0 unspecified atom stereocenters. The number of hydrogen-bond acceptors (Lipinski definition) is 7. The Balaban J connectivity index is 1.71. The van der Waals surface area contributed by atoms with Crippen LogP contribution in [0.25, 0.3) is 0 Å². The number of sulfonamides is 1. The Labute approximate surface area is 144 Å². The van der Waals surface area contributed by atoms with Gasteiger partial charge in [-0.1, -0.05) is 12.1 Å². The predicted octanol–water partition coefficient (Wildman–Crippen LogP) is 0.964. The minimum atomic E-state index is -3.76. The third-order valence-electron chi connectivity index (χ3n) is 4.07. The number of piperazine rings is 1. The van der Waals surface area contributed by atoms with Crippen molar-refractivity contribution in [1.82, 2.24) is 4.98 Å². The zero-order chi connectivity index (χ0) is 18.0. The van der Waals surface area contributed by atoms with Gasteiger partial charge in [0.15, 0.2) is 0 Å². The Morgan fingerprint density at radius 3 is 2.24 bits per heavy atom. The van der Waals surface area contributed by atoms with Crippen LogP contribution in [0.5, 0.6) is 0 Å². The van der Waals surface area contributed by atoms with E-state index in [2.05, 4.69) is 4.98 Å². The molecule has 1 aliphatic rings. The summed E-state index contributed by atoms with van der Waals surface area (Å²) in [5.41, 5.74) is 0.691. The van der Waals surface area contributed by atoms with Crippen LogP contribution in [0.1, 0.15) is 0 Å². The number of benzene rings is 1. The molecule has 10 heteroatoms. The van der Waals surface area contributed by atoms with E-state index < -0.39 is 10.0 Å². The van der Waals surface area contributed by atoms with Gasteiger partial charge in [0.1, 0.15) is 16.4 Å². The molecule has 0 amide bonds. The minimum absolute atomic E-state index is 0.0326. The van der Waals surface area contributed by atoms with Crippen molar-refractivity contribution in [3.8, 4) is 0 Å². The largest absolute Gasteiger partial charge is 0.362 e. The van der Waals surface area contributed by atoms with Crippen LogP contribution in [0.15, 0.2) is 47.5 Å². The fourth-order valence-corrected chi connectivity index (χ4v) is 3.25. The lowest BCUT2D eigenvalue weighted by molar-refractivity contribution is -0.384. The van der Waals surface area contributed by atoms with E-state index in [4.69, 9.17) is 5.14 Å². The van der Waals surface area contributed by atoms with Crippen molar-refractivity contribution < 1.29 is 13.3 Å². The third kappa shape index (κ3) is 3.69. The van der Waals surface area contributed by atoms with Crippen molar-refractivity contribution in [1.29, 1.82) is 0 Å². The van der Waals surface area contributed by atoms with Gasteiger partial charge in [0.05, 0.1) is 4.92 Å². The molecule has 0 saturated carbocycles. The van der Waals surface area contributed by atoms with E-state index in [0.29, 0.717) is 37.7 Å². The zero-order valence-corrected chi connectivity index (χ0v) is 14.1. The molecule has 1 fully saturated rings. The number of nitro groups is 1. The SMILES string of the molecule is NS(=O)(=O)c1ccc(N2CCN(c3ccccc3[N+](=O)[O-])CC2)nc1.